The summed E-state index contributed by atoms with van der Waals surface area (Å²) in [5.41, 5.74) is 4.19. The van der Waals surface area contributed by atoms with Gasteiger partial charge >= 0.3 is 12.1 Å². The molecule has 0 saturated carbocycles. The van der Waals surface area contributed by atoms with Crippen molar-refractivity contribution < 1.29 is 27.5 Å². The predicted molar refractivity (Wildman–Crippen MR) is 105 cm³/mol. The Morgan fingerprint density at radius 2 is 1.63 bits per heavy atom. The molecule has 0 aliphatic heterocycles. The number of ketones is 1. The average molecular weight is 410 g/mol. The van der Waals surface area contributed by atoms with Crippen molar-refractivity contribution in [2.45, 2.75) is 19.0 Å². The molecule has 0 heterocycles. The molecule has 0 unspecified atom stereocenters. The van der Waals surface area contributed by atoms with E-state index in [0.29, 0.717) is 5.56 Å². The first-order chi connectivity index (χ1) is 14.3. The normalized spacial score (nSPS) is 12.2. The number of fused-ring (bicyclic) bond motifs is 3. The molecule has 0 fully saturated rings. The zero-order valence-corrected chi connectivity index (χ0v) is 15.8. The van der Waals surface area contributed by atoms with E-state index in [2.05, 4.69) is 0 Å². The van der Waals surface area contributed by atoms with Crippen LogP contribution in [0.4, 0.5) is 13.2 Å². The van der Waals surface area contributed by atoms with E-state index < -0.39 is 24.3 Å². The number of esters is 1. The summed E-state index contributed by atoms with van der Waals surface area (Å²) in [5, 5.41) is 0. The minimum atomic E-state index is -4.48. The van der Waals surface area contributed by atoms with Crippen LogP contribution in [0, 0.1) is 0 Å². The highest BCUT2D eigenvalue weighted by atomic mass is 19.4. The molecule has 1 aliphatic rings. The van der Waals surface area contributed by atoms with Crippen molar-refractivity contribution in [1.29, 1.82) is 0 Å². The maximum atomic E-state index is 12.8. The fraction of sp³-hybridized carbons (Fsp3) is 0.167. The zero-order valence-electron chi connectivity index (χ0n) is 15.8. The van der Waals surface area contributed by atoms with E-state index in [0.717, 1.165) is 35.2 Å². The smallest absolute Gasteiger partial charge is 0.416 e. The van der Waals surface area contributed by atoms with Gasteiger partial charge in [0.25, 0.3) is 0 Å². The number of hydrogen-bond acceptors (Lipinski definition) is 3. The second kappa shape index (κ2) is 7.78. The van der Waals surface area contributed by atoms with Crippen LogP contribution in [0.1, 0.15) is 32.6 Å². The third-order valence-corrected chi connectivity index (χ3v) is 5.09. The number of carbonyl (C=O) groups is 2. The SMILES string of the molecule is O=C(Cc1cccc(C(F)(F)F)c1)OCC(=O)c1ccc2c(c1)-c1ccccc1C2. The fourth-order valence-electron chi connectivity index (χ4n) is 3.60. The molecule has 0 atom stereocenters. The number of ether oxygens (including phenoxy) is 1. The maximum absolute atomic E-state index is 12.8. The standard InChI is InChI=1S/C24H17F3O3/c25-24(26,27)19-6-3-4-15(10-19)11-23(29)30-14-22(28)18-9-8-17-12-16-5-1-2-7-20(16)21(17)13-18/h1-10,13H,11-12,14H2. The molecule has 0 saturated heterocycles. The van der Waals surface area contributed by atoms with Crippen molar-refractivity contribution >= 4 is 11.8 Å². The van der Waals surface area contributed by atoms with Crippen LogP contribution < -0.4 is 0 Å². The lowest BCUT2D eigenvalue weighted by Crippen LogP contribution is -2.16. The van der Waals surface area contributed by atoms with Crippen LogP contribution in [-0.2, 0) is 28.5 Å². The lowest BCUT2D eigenvalue weighted by atomic mass is 10.0. The Bertz CT molecular complexity index is 1130. The highest BCUT2D eigenvalue weighted by Gasteiger charge is 2.30. The Morgan fingerprint density at radius 1 is 0.867 bits per heavy atom. The van der Waals surface area contributed by atoms with Crippen LogP contribution in [0.15, 0.2) is 66.7 Å². The van der Waals surface area contributed by atoms with Gasteiger partial charge in [0.1, 0.15) is 0 Å². The lowest BCUT2D eigenvalue weighted by Gasteiger charge is -2.09. The van der Waals surface area contributed by atoms with Gasteiger partial charge in [0.15, 0.2) is 12.4 Å². The van der Waals surface area contributed by atoms with Gasteiger partial charge in [-0.05, 0) is 46.4 Å². The summed E-state index contributed by atoms with van der Waals surface area (Å²) in [6, 6.07) is 17.8. The van der Waals surface area contributed by atoms with Crippen LogP contribution in [-0.4, -0.2) is 18.4 Å². The van der Waals surface area contributed by atoms with Crippen molar-refractivity contribution in [3.63, 3.8) is 0 Å². The van der Waals surface area contributed by atoms with Crippen molar-refractivity contribution in [3.05, 3.63) is 94.5 Å². The van der Waals surface area contributed by atoms with E-state index in [1.807, 2.05) is 30.3 Å². The summed E-state index contributed by atoms with van der Waals surface area (Å²) >= 11 is 0. The van der Waals surface area contributed by atoms with Crippen molar-refractivity contribution in [1.82, 2.24) is 0 Å². The largest absolute Gasteiger partial charge is 0.457 e. The van der Waals surface area contributed by atoms with E-state index in [1.165, 1.54) is 17.7 Å². The highest BCUT2D eigenvalue weighted by Crippen LogP contribution is 2.36. The van der Waals surface area contributed by atoms with Gasteiger partial charge in [-0.15, -0.1) is 0 Å². The summed E-state index contributed by atoms with van der Waals surface area (Å²) in [5.74, 6) is -1.12. The summed E-state index contributed by atoms with van der Waals surface area (Å²) in [6.45, 7) is -0.460. The average Bonchev–Trinajstić information content (AvgIpc) is 3.09. The molecule has 30 heavy (non-hydrogen) atoms. The number of halogens is 3. The van der Waals surface area contributed by atoms with Crippen LogP contribution in [0.2, 0.25) is 0 Å². The molecule has 0 N–H and O–H groups in total. The maximum Gasteiger partial charge on any atom is 0.416 e. The molecule has 0 spiro atoms. The van der Waals surface area contributed by atoms with Gasteiger partial charge in [0, 0.05) is 5.56 Å². The monoisotopic (exact) mass is 410 g/mol. The van der Waals surface area contributed by atoms with Crippen molar-refractivity contribution in [2.75, 3.05) is 6.61 Å². The Kier molecular flexibility index (Phi) is 5.16. The van der Waals surface area contributed by atoms with Gasteiger partial charge in [-0.25, -0.2) is 0 Å². The van der Waals surface area contributed by atoms with Gasteiger partial charge in [-0.1, -0.05) is 54.6 Å². The molecule has 0 bridgehead atoms. The molecule has 0 aromatic heterocycles. The minimum Gasteiger partial charge on any atom is -0.457 e. The molecular weight excluding hydrogens is 393 g/mol. The molecule has 4 rings (SSSR count). The van der Waals surface area contributed by atoms with Gasteiger partial charge < -0.3 is 4.74 Å². The molecule has 3 aromatic carbocycles. The number of hydrogen-bond donors (Lipinski definition) is 0. The topological polar surface area (TPSA) is 43.4 Å². The first-order valence-electron chi connectivity index (χ1n) is 9.37. The zero-order chi connectivity index (χ0) is 21.3. The second-order valence-electron chi connectivity index (χ2n) is 7.16. The Labute approximate surface area is 171 Å². The van der Waals surface area contributed by atoms with E-state index >= 15 is 0 Å². The van der Waals surface area contributed by atoms with Crippen LogP contribution in [0.3, 0.4) is 0 Å². The molecule has 1 aliphatic carbocycles. The van der Waals surface area contributed by atoms with Crippen molar-refractivity contribution in [3.8, 4) is 11.1 Å². The van der Waals surface area contributed by atoms with E-state index in [4.69, 9.17) is 4.74 Å². The molecular formula is C24H17F3O3. The van der Waals surface area contributed by atoms with E-state index in [-0.39, 0.29) is 17.8 Å². The third-order valence-electron chi connectivity index (χ3n) is 5.09. The first-order valence-corrected chi connectivity index (χ1v) is 9.37. The minimum absolute atomic E-state index is 0.177. The molecule has 3 aromatic rings. The molecule has 0 amide bonds. The highest BCUT2D eigenvalue weighted by molar-refractivity contribution is 5.99. The summed E-state index contributed by atoms with van der Waals surface area (Å²) in [4.78, 5) is 24.5. The van der Waals surface area contributed by atoms with Crippen LogP contribution in [0.5, 0.6) is 0 Å². The number of benzene rings is 3. The Balaban J connectivity index is 1.40. The van der Waals surface area contributed by atoms with Gasteiger partial charge in [0.05, 0.1) is 12.0 Å². The fourth-order valence-corrected chi connectivity index (χ4v) is 3.60. The molecule has 6 heteroatoms. The van der Waals surface area contributed by atoms with Gasteiger partial charge in [-0.3, -0.25) is 9.59 Å². The van der Waals surface area contributed by atoms with E-state index in [1.54, 1.807) is 12.1 Å². The number of carbonyl (C=O) groups excluding carboxylic acids is 2. The van der Waals surface area contributed by atoms with E-state index in [9.17, 15) is 22.8 Å². The third kappa shape index (κ3) is 4.13. The lowest BCUT2D eigenvalue weighted by molar-refractivity contribution is -0.142. The predicted octanol–water partition coefficient (Wildman–Crippen LogP) is 5.25. The molecule has 152 valence electrons. The summed E-state index contributed by atoms with van der Waals surface area (Å²) in [6.07, 6.45) is -4.01. The van der Waals surface area contributed by atoms with Crippen LogP contribution in [0.25, 0.3) is 11.1 Å². The second-order valence-corrected chi connectivity index (χ2v) is 7.16. The van der Waals surface area contributed by atoms with Gasteiger partial charge in [-0.2, -0.15) is 13.2 Å². The summed E-state index contributed by atoms with van der Waals surface area (Å²) < 4.78 is 43.3. The number of alkyl halides is 3. The number of Topliss-reactive ketones (excluding diaryl/α,β-unsaturated/α-hetero) is 1. The van der Waals surface area contributed by atoms with Gasteiger partial charge in [0.2, 0.25) is 0 Å². The number of rotatable bonds is 5. The van der Waals surface area contributed by atoms with Crippen LogP contribution >= 0.6 is 0 Å². The first kappa shape index (κ1) is 19.9. The quantitative estimate of drug-likeness (QED) is 0.334. The van der Waals surface area contributed by atoms with Crippen molar-refractivity contribution in [2.24, 2.45) is 0 Å². The Morgan fingerprint density at radius 3 is 2.43 bits per heavy atom. The molecule has 3 nitrogen and oxygen atoms in total. The Hall–Kier alpha value is -3.41. The summed E-state index contributed by atoms with van der Waals surface area (Å²) in [7, 11) is 0. The molecule has 0 radical (unpaired) electrons.